The van der Waals surface area contributed by atoms with E-state index in [0.717, 1.165) is 11.6 Å². The molecule has 0 saturated carbocycles. The number of benzene rings is 2. The Bertz CT molecular complexity index is 1590. The molecular weight excluding hydrogens is 559 g/mol. The summed E-state index contributed by atoms with van der Waals surface area (Å²) in [6.07, 6.45) is 1.52. The SMILES string of the molecule is C/C=C/c1ccc(N)nc1.CC1(C)CN(C(=O)c2ccc(-c3cc(C(F)(F)F)c4oc(CNC=O)cc4c3)cc2)CCN1. The second-order valence-corrected chi connectivity index (χ2v) is 10.8. The van der Waals surface area contributed by atoms with E-state index in [1.165, 1.54) is 6.07 Å². The summed E-state index contributed by atoms with van der Waals surface area (Å²) in [7, 11) is 0. The molecule has 1 saturated heterocycles. The van der Waals surface area contributed by atoms with Gasteiger partial charge in [-0.05, 0) is 79.9 Å². The lowest BCUT2D eigenvalue weighted by Gasteiger charge is -2.39. The van der Waals surface area contributed by atoms with Crippen molar-refractivity contribution in [2.75, 3.05) is 25.4 Å². The highest BCUT2D eigenvalue weighted by Crippen LogP contribution is 2.39. The summed E-state index contributed by atoms with van der Waals surface area (Å²) in [5, 5.41) is 6.02. The minimum atomic E-state index is -4.62. The molecule has 0 unspecified atom stereocenters. The van der Waals surface area contributed by atoms with Crippen molar-refractivity contribution < 1.29 is 27.2 Å². The molecule has 5 rings (SSSR count). The van der Waals surface area contributed by atoms with Gasteiger partial charge in [0, 0.05) is 42.3 Å². The van der Waals surface area contributed by atoms with Gasteiger partial charge in [-0.1, -0.05) is 24.3 Å². The van der Waals surface area contributed by atoms with E-state index in [1.807, 2.05) is 39.0 Å². The number of nitrogens with two attached hydrogens (primary N) is 1. The highest BCUT2D eigenvalue weighted by molar-refractivity contribution is 5.95. The Morgan fingerprint density at radius 3 is 2.49 bits per heavy atom. The number of allylic oxidation sites excluding steroid dienone is 1. The van der Waals surface area contributed by atoms with Crippen molar-refractivity contribution in [1.29, 1.82) is 0 Å². The first kappa shape index (κ1) is 31.3. The van der Waals surface area contributed by atoms with Crippen LogP contribution in [0.3, 0.4) is 0 Å². The summed E-state index contributed by atoms with van der Waals surface area (Å²) < 4.78 is 46.5. The van der Waals surface area contributed by atoms with E-state index in [0.29, 0.717) is 48.6 Å². The van der Waals surface area contributed by atoms with Gasteiger partial charge in [-0.3, -0.25) is 9.59 Å². The minimum absolute atomic E-state index is 0.00948. The number of furan rings is 1. The molecule has 1 aliphatic rings. The number of carbonyl (C=O) groups is 2. The second kappa shape index (κ2) is 13.1. The molecule has 4 N–H and O–H groups in total. The molecule has 0 spiro atoms. The van der Waals surface area contributed by atoms with E-state index in [-0.39, 0.29) is 34.7 Å². The number of alkyl halides is 3. The summed E-state index contributed by atoms with van der Waals surface area (Å²) in [4.78, 5) is 29.1. The summed E-state index contributed by atoms with van der Waals surface area (Å²) in [6.45, 7) is 7.88. The molecule has 0 radical (unpaired) electrons. The van der Waals surface area contributed by atoms with E-state index >= 15 is 0 Å². The normalized spacial score (nSPS) is 14.8. The number of nitrogens with one attached hydrogen (secondary N) is 2. The molecule has 0 bridgehead atoms. The molecule has 1 fully saturated rings. The number of anilines is 1. The Morgan fingerprint density at radius 1 is 1.14 bits per heavy atom. The van der Waals surface area contributed by atoms with Crippen LogP contribution in [0.5, 0.6) is 0 Å². The van der Waals surface area contributed by atoms with Gasteiger partial charge in [0.1, 0.15) is 17.2 Å². The van der Waals surface area contributed by atoms with E-state index in [2.05, 4.69) is 15.6 Å². The van der Waals surface area contributed by atoms with Crippen LogP contribution in [0.15, 0.2) is 71.3 Å². The number of fused-ring (bicyclic) bond motifs is 1. The summed E-state index contributed by atoms with van der Waals surface area (Å²) in [5.41, 5.74) is 6.51. The van der Waals surface area contributed by atoms with E-state index in [1.54, 1.807) is 47.5 Å². The van der Waals surface area contributed by atoms with Crippen LogP contribution in [0.1, 0.15) is 48.0 Å². The number of aromatic nitrogens is 1. The zero-order chi connectivity index (χ0) is 31.2. The Morgan fingerprint density at radius 2 is 1.88 bits per heavy atom. The fourth-order valence-corrected chi connectivity index (χ4v) is 4.82. The molecule has 3 heterocycles. The number of pyridine rings is 1. The predicted octanol–water partition coefficient (Wildman–Crippen LogP) is 5.89. The smallest absolute Gasteiger partial charge is 0.420 e. The van der Waals surface area contributed by atoms with Crippen LogP contribution >= 0.6 is 0 Å². The van der Waals surface area contributed by atoms with E-state index in [4.69, 9.17) is 10.2 Å². The van der Waals surface area contributed by atoms with Gasteiger partial charge in [0.25, 0.3) is 5.91 Å². The van der Waals surface area contributed by atoms with Crippen molar-refractivity contribution in [2.45, 2.75) is 39.0 Å². The number of rotatable bonds is 6. The molecule has 11 heteroatoms. The third-order valence-corrected chi connectivity index (χ3v) is 6.82. The number of nitrogens with zero attached hydrogens (tertiary/aromatic N) is 2. The average molecular weight is 594 g/mol. The second-order valence-electron chi connectivity index (χ2n) is 10.8. The van der Waals surface area contributed by atoms with Crippen molar-refractivity contribution in [1.82, 2.24) is 20.5 Å². The topological polar surface area (TPSA) is 113 Å². The van der Waals surface area contributed by atoms with Crippen LogP contribution in [0.4, 0.5) is 19.0 Å². The maximum Gasteiger partial charge on any atom is 0.420 e. The number of piperazine rings is 1. The lowest BCUT2D eigenvalue weighted by Crippen LogP contribution is -2.58. The number of amides is 2. The number of nitrogen functional groups attached to an aromatic ring is 1. The third-order valence-electron chi connectivity index (χ3n) is 6.82. The number of carbonyl (C=O) groups excluding carboxylic acids is 2. The van der Waals surface area contributed by atoms with Crippen molar-refractivity contribution >= 4 is 35.2 Å². The Labute approximate surface area is 247 Å². The molecule has 4 aromatic rings. The third kappa shape index (κ3) is 8.01. The van der Waals surface area contributed by atoms with Crippen molar-refractivity contribution in [3.05, 3.63) is 89.3 Å². The molecule has 226 valence electrons. The minimum Gasteiger partial charge on any atom is -0.459 e. The average Bonchev–Trinajstić information content (AvgIpc) is 3.39. The molecule has 2 aromatic heterocycles. The molecule has 2 aromatic carbocycles. The van der Waals surface area contributed by atoms with E-state index < -0.39 is 11.7 Å². The molecule has 0 atom stereocenters. The zero-order valence-corrected chi connectivity index (χ0v) is 24.2. The van der Waals surface area contributed by atoms with Crippen LogP contribution < -0.4 is 16.4 Å². The number of halogens is 3. The Hall–Kier alpha value is -4.64. The predicted molar refractivity (Wildman–Crippen MR) is 161 cm³/mol. The highest BCUT2D eigenvalue weighted by Gasteiger charge is 2.35. The van der Waals surface area contributed by atoms with Gasteiger partial charge < -0.3 is 25.7 Å². The van der Waals surface area contributed by atoms with Crippen molar-refractivity contribution in [3.8, 4) is 11.1 Å². The molecule has 8 nitrogen and oxygen atoms in total. The van der Waals surface area contributed by atoms with Crippen molar-refractivity contribution in [3.63, 3.8) is 0 Å². The monoisotopic (exact) mass is 593 g/mol. The first-order valence-electron chi connectivity index (χ1n) is 13.7. The van der Waals surface area contributed by atoms with Crippen LogP contribution in [0, 0.1) is 0 Å². The fraction of sp³-hybridized carbons (Fsp3) is 0.281. The fourth-order valence-electron chi connectivity index (χ4n) is 4.82. The number of hydrogen-bond donors (Lipinski definition) is 3. The van der Waals surface area contributed by atoms with Gasteiger partial charge >= 0.3 is 6.18 Å². The summed E-state index contributed by atoms with van der Waals surface area (Å²) in [6, 6.07) is 14.4. The summed E-state index contributed by atoms with van der Waals surface area (Å²) in [5.74, 6) is 0.678. The van der Waals surface area contributed by atoms with Crippen molar-refractivity contribution in [2.24, 2.45) is 0 Å². The first-order valence-corrected chi connectivity index (χ1v) is 13.7. The van der Waals surface area contributed by atoms with Crippen LogP contribution in [0.25, 0.3) is 28.2 Å². The highest BCUT2D eigenvalue weighted by atomic mass is 19.4. The molecule has 1 aliphatic heterocycles. The lowest BCUT2D eigenvalue weighted by molar-refractivity contribution is -0.136. The van der Waals surface area contributed by atoms with Gasteiger partial charge in [-0.2, -0.15) is 13.2 Å². The molecule has 43 heavy (non-hydrogen) atoms. The van der Waals surface area contributed by atoms with Gasteiger partial charge in [0.15, 0.2) is 0 Å². The van der Waals surface area contributed by atoms with Gasteiger partial charge in [-0.15, -0.1) is 0 Å². The Balaban J connectivity index is 0.000000359. The van der Waals surface area contributed by atoms with Crippen LogP contribution in [0.2, 0.25) is 0 Å². The largest absolute Gasteiger partial charge is 0.459 e. The number of hydrogen-bond acceptors (Lipinski definition) is 6. The Kier molecular flexibility index (Phi) is 9.55. The maximum absolute atomic E-state index is 13.7. The van der Waals surface area contributed by atoms with Crippen LogP contribution in [-0.4, -0.2) is 47.4 Å². The molecular formula is C32H34F3N5O3. The maximum atomic E-state index is 13.7. The molecule has 2 amide bonds. The first-order chi connectivity index (χ1) is 20.4. The summed E-state index contributed by atoms with van der Waals surface area (Å²) >= 11 is 0. The van der Waals surface area contributed by atoms with E-state index in [9.17, 15) is 22.8 Å². The quantitative estimate of drug-likeness (QED) is 0.241. The zero-order valence-electron chi connectivity index (χ0n) is 24.2. The lowest BCUT2D eigenvalue weighted by atomic mass is 9.98. The van der Waals surface area contributed by atoms with Crippen LogP contribution in [-0.2, 0) is 17.5 Å². The van der Waals surface area contributed by atoms with Gasteiger partial charge in [0.05, 0.1) is 12.1 Å². The standard InChI is InChI=1S/C24H24F3N3O3.C8H10N2/c1-23(2)13-30(8-7-29-23)22(32)16-5-3-15(4-6-16)17-9-18-10-19(12-28-14-31)33-21(18)20(11-17)24(25,26)27;1-2-3-7-4-5-8(9)10-6-7/h3-6,9-11,14,29H,7-8,12-13H2,1-2H3,(H,28,31);2-6H,1H3,(H2,9,10)/b;3-2+. The molecule has 0 aliphatic carbocycles. The van der Waals surface area contributed by atoms with Gasteiger partial charge in [-0.25, -0.2) is 4.98 Å². The van der Waals surface area contributed by atoms with Gasteiger partial charge in [0.2, 0.25) is 6.41 Å².